The van der Waals surface area contributed by atoms with Crippen molar-refractivity contribution < 1.29 is 19.1 Å². The van der Waals surface area contributed by atoms with Gasteiger partial charge in [-0.05, 0) is 110 Å². The number of ether oxygens (including phenoxy) is 2. The molecule has 0 unspecified atom stereocenters. The number of thiophene rings is 2. The smallest absolute Gasteiger partial charge is 0.410 e. The average molecular weight is 931 g/mol. The van der Waals surface area contributed by atoms with Crippen LogP contribution in [0.5, 0.6) is 0 Å². The van der Waals surface area contributed by atoms with E-state index in [0.717, 1.165) is 53.2 Å². The topological polar surface area (TPSA) is 133 Å². The van der Waals surface area contributed by atoms with Crippen molar-refractivity contribution in [3.63, 3.8) is 0 Å². The van der Waals surface area contributed by atoms with E-state index in [9.17, 15) is 9.59 Å². The van der Waals surface area contributed by atoms with Crippen molar-refractivity contribution in [3.8, 4) is 10.0 Å². The lowest BCUT2D eigenvalue weighted by Crippen LogP contribution is -2.33. The van der Waals surface area contributed by atoms with Crippen LogP contribution in [-0.4, -0.2) is 83.7 Å². The van der Waals surface area contributed by atoms with E-state index in [4.69, 9.17) is 16.3 Å². The number of hydrogen-bond acceptors (Lipinski definition) is 12. The van der Waals surface area contributed by atoms with Crippen LogP contribution in [-0.2, 0) is 35.4 Å². The van der Waals surface area contributed by atoms with Gasteiger partial charge in [0.2, 0.25) is 0 Å². The van der Waals surface area contributed by atoms with Crippen molar-refractivity contribution in [2.75, 3.05) is 32.8 Å². The third-order valence-corrected chi connectivity index (χ3v) is 13.9. The van der Waals surface area contributed by atoms with E-state index in [1.54, 1.807) is 23.2 Å². The Hall–Kier alpha value is -4.93. The fraction of sp³-hybridized carbons (Fsp3) is 0.458. The molecule has 8 rings (SSSR count). The van der Waals surface area contributed by atoms with Gasteiger partial charge in [0.05, 0.1) is 31.8 Å². The third kappa shape index (κ3) is 12.0. The molecule has 16 heteroatoms. The Kier molecular flexibility index (Phi) is 18.7. The number of aryl methyl sites for hydroxylation is 4. The Balaban J connectivity index is 0.000000191. The van der Waals surface area contributed by atoms with Gasteiger partial charge in [-0.2, -0.15) is 0 Å². The summed E-state index contributed by atoms with van der Waals surface area (Å²) in [4.78, 5) is 29.1. The van der Waals surface area contributed by atoms with E-state index < -0.39 is 5.43 Å². The predicted octanol–water partition coefficient (Wildman–Crippen LogP) is 11.0. The molecular weight excluding hydrogens is 866 g/mol. The lowest BCUT2D eigenvalue weighted by atomic mass is 10.0. The highest BCUT2D eigenvalue weighted by molar-refractivity contribution is 7.15. The van der Waals surface area contributed by atoms with Crippen molar-refractivity contribution in [1.82, 2.24) is 44.6 Å². The molecule has 64 heavy (non-hydrogen) atoms. The van der Waals surface area contributed by atoms with Gasteiger partial charge in [0.25, 0.3) is 0 Å². The summed E-state index contributed by atoms with van der Waals surface area (Å²) in [5.74, 6) is 3.58. The summed E-state index contributed by atoms with van der Waals surface area (Å²) < 4.78 is 13.8. The first kappa shape index (κ1) is 50.1. The van der Waals surface area contributed by atoms with Crippen molar-refractivity contribution in [1.29, 1.82) is 0 Å². The molecule has 0 aliphatic carbocycles. The molecule has 2 atom stereocenters. The Morgan fingerprint density at radius 3 is 1.62 bits per heavy atom. The van der Waals surface area contributed by atoms with Crippen LogP contribution in [0, 0.1) is 27.7 Å². The number of nitrogens with zero attached hydrogens (tertiary/aromatic N) is 8. The minimum Gasteiger partial charge on any atom is -0.454 e. The largest absolute Gasteiger partial charge is 0.454 e. The molecule has 13 nitrogen and oxygen atoms in total. The number of rotatable bonds is 9. The maximum absolute atomic E-state index is 12.7. The molecule has 4 aromatic heterocycles. The molecule has 6 aromatic rings. The third-order valence-electron chi connectivity index (χ3n) is 11.4. The van der Waals surface area contributed by atoms with Gasteiger partial charge in [-0.25, -0.2) is 9.59 Å². The molecule has 2 aromatic carbocycles. The van der Waals surface area contributed by atoms with Crippen LogP contribution in [0.15, 0.2) is 60.7 Å². The van der Waals surface area contributed by atoms with Crippen LogP contribution >= 0.6 is 34.3 Å². The maximum atomic E-state index is 12.7. The van der Waals surface area contributed by atoms with Crippen molar-refractivity contribution >= 4 is 45.8 Å². The van der Waals surface area contributed by atoms with Gasteiger partial charge in [-0.15, -0.1) is 43.1 Å². The lowest BCUT2D eigenvalue weighted by Gasteiger charge is -2.25. The highest BCUT2D eigenvalue weighted by atomic mass is 35.5. The molecule has 6 heterocycles. The Labute approximate surface area is 391 Å². The average Bonchev–Trinajstić information content (AvgIpc) is 3.99. The molecule has 0 saturated heterocycles. The Bertz CT molecular complexity index is 2420. The summed E-state index contributed by atoms with van der Waals surface area (Å²) in [5, 5.41) is 23.3. The van der Waals surface area contributed by atoms with Crippen LogP contribution in [0.1, 0.15) is 127 Å². The Morgan fingerprint density at radius 2 is 1.17 bits per heavy atom. The lowest BCUT2D eigenvalue weighted by molar-refractivity contribution is 0.0887. The van der Waals surface area contributed by atoms with Gasteiger partial charge in [-0.3, -0.25) is 14.0 Å². The van der Waals surface area contributed by atoms with Gasteiger partial charge in [-0.1, -0.05) is 81.4 Å². The second-order valence-corrected chi connectivity index (χ2v) is 18.2. The first-order valence-electron chi connectivity index (χ1n) is 22.1. The standard InChI is InChI=1S/C21H24N4O2S.C18H20N4S.C6H15N.C3H5ClO2/c1-5-27-21(26)24-12-18-17(11-16-9-7-6-8-10-16)14(3)28-20(18)25-15(4)22-23-19(25)13(24)2;1-11-17-21-20-13(3)22(17)18-16(10-19-11)15(12(2)23-18)9-14-7-5-4-6-8-14;1-4-7(5-2)6-3;1-2-6-3(4)5/h6-10,13H,5,11-12H2,1-4H3;4-8,11,19H,9-10H2,1-3H3;4-6H2,1-3H3;2H2,1H3/t13-;11-;;/m00../s1. The Morgan fingerprint density at radius 1 is 0.703 bits per heavy atom. The van der Waals surface area contributed by atoms with Crippen molar-refractivity contribution in [3.05, 3.63) is 127 Å². The number of nitrogens with one attached hydrogen (secondary N) is 1. The molecule has 0 bridgehead atoms. The molecular formula is C48H64ClN9O4S2. The van der Waals surface area contributed by atoms with E-state index in [1.807, 2.05) is 45.1 Å². The SMILES string of the molecule is CCN(CC)CC.CCOC(=O)Cl.CCOC(=O)N1Cc2c(sc(C)c2Cc2ccccc2)-n2c(C)nnc2[C@@H]1C.Cc1sc2c(c1Cc1ccccc1)CN[C@@H](C)c1nnc(C)n1-2. The van der Waals surface area contributed by atoms with Gasteiger partial charge in [0, 0.05) is 39.0 Å². The van der Waals surface area contributed by atoms with Crippen LogP contribution in [0.25, 0.3) is 10.0 Å². The van der Waals surface area contributed by atoms with E-state index in [0.29, 0.717) is 19.8 Å². The quantitative estimate of drug-likeness (QED) is 0.140. The van der Waals surface area contributed by atoms with E-state index in [1.165, 1.54) is 62.2 Å². The zero-order valence-corrected chi connectivity index (χ0v) is 41.6. The van der Waals surface area contributed by atoms with Gasteiger partial charge in [0.15, 0.2) is 11.6 Å². The number of carbonyl (C=O) groups is 2. The van der Waals surface area contributed by atoms with Gasteiger partial charge < -0.3 is 19.7 Å². The second kappa shape index (κ2) is 23.8. The van der Waals surface area contributed by atoms with Crippen LogP contribution < -0.4 is 5.32 Å². The minimum absolute atomic E-state index is 0.209. The predicted molar refractivity (Wildman–Crippen MR) is 258 cm³/mol. The van der Waals surface area contributed by atoms with Crippen LogP contribution in [0.2, 0.25) is 0 Å². The zero-order valence-electron chi connectivity index (χ0n) is 39.2. The summed E-state index contributed by atoms with van der Waals surface area (Å²) in [5.41, 5.74) is 7.14. The number of benzene rings is 2. The molecule has 0 fully saturated rings. The fourth-order valence-electron chi connectivity index (χ4n) is 7.81. The van der Waals surface area contributed by atoms with E-state index in [-0.39, 0.29) is 18.2 Å². The van der Waals surface area contributed by atoms with E-state index >= 15 is 0 Å². The number of aromatic nitrogens is 6. The van der Waals surface area contributed by atoms with E-state index in [2.05, 4.69) is 141 Å². The number of fused-ring (bicyclic) bond motifs is 6. The van der Waals surface area contributed by atoms with Crippen molar-refractivity contribution in [2.45, 2.75) is 114 Å². The minimum atomic E-state index is -0.738. The molecule has 0 saturated carbocycles. The number of carbonyl (C=O) groups excluding carboxylic acids is 2. The monoisotopic (exact) mass is 929 g/mol. The normalized spacial score (nSPS) is 14.7. The first-order valence-corrected chi connectivity index (χ1v) is 24.1. The molecule has 2 aliphatic rings. The zero-order chi connectivity index (χ0) is 46.5. The fourth-order valence-corrected chi connectivity index (χ4v) is 10.4. The molecule has 344 valence electrons. The number of halogens is 1. The summed E-state index contributed by atoms with van der Waals surface area (Å²) in [6.07, 6.45) is 1.50. The summed E-state index contributed by atoms with van der Waals surface area (Å²) in [6.45, 7) is 28.2. The number of hydrogen-bond donors (Lipinski definition) is 1. The molecule has 1 amide bonds. The summed E-state index contributed by atoms with van der Waals surface area (Å²) >= 11 is 8.32. The molecule has 0 radical (unpaired) electrons. The highest BCUT2D eigenvalue weighted by Gasteiger charge is 2.35. The number of amides is 1. The first-order chi connectivity index (χ1) is 30.8. The molecule has 1 N–H and O–H groups in total. The van der Waals surface area contributed by atoms with Crippen LogP contribution in [0.3, 0.4) is 0 Å². The van der Waals surface area contributed by atoms with Gasteiger partial charge in [0.1, 0.15) is 21.7 Å². The molecule has 2 aliphatic heterocycles. The summed E-state index contributed by atoms with van der Waals surface area (Å²) in [6, 6.07) is 21.1. The van der Waals surface area contributed by atoms with Crippen LogP contribution in [0.4, 0.5) is 9.59 Å². The molecule has 0 spiro atoms. The highest BCUT2D eigenvalue weighted by Crippen LogP contribution is 2.41. The van der Waals surface area contributed by atoms with Crippen molar-refractivity contribution in [2.24, 2.45) is 0 Å². The van der Waals surface area contributed by atoms with Gasteiger partial charge >= 0.3 is 11.5 Å². The summed E-state index contributed by atoms with van der Waals surface area (Å²) in [7, 11) is 0. The maximum Gasteiger partial charge on any atom is 0.410 e. The second-order valence-electron chi connectivity index (χ2n) is 15.4.